The van der Waals surface area contributed by atoms with E-state index in [0.717, 1.165) is 5.76 Å². The van der Waals surface area contributed by atoms with Gasteiger partial charge in [0.2, 0.25) is 0 Å². The van der Waals surface area contributed by atoms with E-state index in [1.54, 1.807) is 24.5 Å². The first-order valence-corrected chi connectivity index (χ1v) is 6.93. The van der Waals surface area contributed by atoms with E-state index in [4.69, 9.17) is 27.6 Å². The zero-order valence-electron chi connectivity index (χ0n) is 10.9. The van der Waals surface area contributed by atoms with Gasteiger partial charge < -0.3 is 15.1 Å². The number of hydrogen-bond acceptors (Lipinski definition) is 2. The number of nitrogens with two attached hydrogens (primary N) is 1. The molecule has 0 unspecified atom stereocenters. The Morgan fingerprint density at radius 3 is 2.80 bits per heavy atom. The van der Waals surface area contributed by atoms with E-state index >= 15 is 0 Å². The van der Waals surface area contributed by atoms with Gasteiger partial charge in [-0.1, -0.05) is 23.2 Å². The Morgan fingerprint density at radius 2 is 2.15 bits per heavy atom. The van der Waals surface area contributed by atoms with E-state index in [1.807, 2.05) is 24.4 Å². The quantitative estimate of drug-likeness (QED) is 0.891. The lowest BCUT2D eigenvalue weighted by Gasteiger charge is -2.09. The number of hydrogen-bond donors (Lipinski definition) is 2. The molecule has 4 nitrogen and oxygen atoms in total. The Balaban J connectivity index is 1.85. The van der Waals surface area contributed by atoms with Crippen LogP contribution in [0.25, 0.3) is 0 Å². The normalized spacial score (nSPS) is 12.2. The molecule has 1 aromatic carbocycles. The fraction of sp³-hybridized carbons (Fsp3) is 0.214. The number of benzene rings is 1. The molecule has 3 N–H and O–H groups in total. The smallest absolute Gasteiger partial charge is 0.279 e. The largest absolute Gasteiger partial charge is 0.463 e. The standard InChI is InChI=1S/C14H14Cl2N2O2/c1-9(13-3-2-6-20-13)17-8-14(19)18-10-4-5-11(15)12(16)7-10/h2-7,9,17H,8H2,1H3,(H,18,19)/p+1/t9-/m1/s1. The third-order valence-corrected chi connectivity index (χ3v) is 3.59. The Hall–Kier alpha value is -1.49. The maximum absolute atomic E-state index is 11.8. The van der Waals surface area contributed by atoms with Crippen LogP contribution in [0.2, 0.25) is 10.0 Å². The van der Waals surface area contributed by atoms with Crippen molar-refractivity contribution in [3.05, 3.63) is 52.4 Å². The van der Waals surface area contributed by atoms with Gasteiger partial charge in [0.15, 0.2) is 12.3 Å². The molecule has 0 saturated carbocycles. The minimum Gasteiger partial charge on any atom is -0.463 e. The summed E-state index contributed by atoms with van der Waals surface area (Å²) in [5.74, 6) is 0.731. The molecule has 106 valence electrons. The van der Waals surface area contributed by atoms with Crippen LogP contribution in [0.1, 0.15) is 18.7 Å². The summed E-state index contributed by atoms with van der Waals surface area (Å²) in [6.45, 7) is 2.27. The van der Waals surface area contributed by atoms with Crippen molar-refractivity contribution < 1.29 is 14.5 Å². The van der Waals surface area contributed by atoms with Gasteiger partial charge in [-0.25, -0.2) is 0 Å². The van der Waals surface area contributed by atoms with Gasteiger partial charge in [0.05, 0.1) is 16.3 Å². The number of furan rings is 1. The third-order valence-electron chi connectivity index (χ3n) is 2.85. The van der Waals surface area contributed by atoms with Crippen molar-refractivity contribution in [1.82, 2.24) is 0 Å². The molecule has 0 fully saturated rings. The lowest BCUT2D eigenvalue weighted by molar-refractivity contribution is -0.684. The highest BCUT2D eigenvalue weighted by molar-refractivity contribution is 6.42. The predicted octanol–water partition coefficient (Wildman–Crippen LogP) is 2.85. The summed E-state index contributed by atoms with van der Waals surface area (Å²) in [6.07, 6.45) is 1.62. The number of nitrogens with one attached hydrogen (secondary N) is 1. The molecule has 1 heterocycles. The zero-order chi connectivity index (χ0) is 14.5. The topological polar surface area (TPSA) is 58.9 Å². The minimum absolute atomic E-state index is 0.0876. The second-order valence-corrected chi connectivity index (χ2v) is 5.24. The van der Waals surface area contributed by atoms with E-state index in [1.165, 1.54) is 0 Å². The number of carbonyl (C=O) groups excluding carboxylic acids is 1. The van der Waals surface area contributed by atoms with E-state index < -0.39 is 0 Å². The molecule has 1 amide bonds. The molecule has 0 spiro atoms. The molecular formula is C14H15Cl2N2O2+. The third kappa shape index (κ3) is 4.00. The summed E-state index contributed by atoms with van der Waals surface area (Å²) in [7, 11) is 0. The van der Waals surface area contributed by atoms with Crippen LogP contribution in [0, 0.1) is 0 Å². The van der Waals surface area contributed by atoms with Crippen LogP contribution in [-0.4, -0.2) is 12.5 Å². The number of halogens is 2. The number of carbonyl (C=O) groups is 1. The van der Waals surface area contributed by atoms with Crippen LogP contribution in [0.15, 0.2) is 41.0 Å². The number of amides is 1. The van der Waals surface area contributed by atoms with E-state index in [0.29, 0.717) is 22.3 Å². The number of rotatable bonds is 5. The highest BCUT2D eigenvalue weighted by Gasteiger charge is 2.13. The molecule has 1 aromatic heterocycles. The lowest BCUT2D eigenvalue weighted by Crippen LogP contribution is -2.86. The molecule has 0 aliphatic carbocycles. The van der Waals surface area contributed by atoms with E-state index in [-0.39, 0.29) is 11.9 Å². The van der Waals surface area contributed by atoms with Crippen molar-refractivity contribution >= 4 is 34.8 Å². The zero-order valence-corrected chi connectivity index (χ0v) is 12.4. The predicted molar refractivity (Wildman–Crippen MR) is 79.0 cm³/mol. The van der Waals surface area contributed by atoms with Crippen molar-refractivity contribution in [2.45, 2.75) is 13.0 Å². The van der Waals surface area contributed by atoms with Crippen LogP contribution in [0.4, 0.5) is 5.69 Å². The van der Waals surface area contributed by atoms with E-state index in [2.05, 4.69) is 5.32 Å². The van der Waals surface area contributed by atoms with Crippen molar-refractivity contribution in [3.8, 4) is 0 Å². The Morgan fingerprint density at radius 1 is 1.35 bits per heavy atom. The molecule has 0 radical (unpaired) electrons. The highest BCUT2D eigenvalue weighted by Crippen LogP contribution is 2.24. The van der Waals surface area contributed by atoms with Crippen LogP contribution in [-0.2, 0) is 4.79 Å². The molecular weight excluding hydrogens is 299 g/mol. The monoisotopic (exact) mass is 313 g/mol. The fourth-order valence-corrected chi connectivity index (χ4v) is 2.03. The summed E-state index contributed by atoms with van der Waals surface area (Å²) in [5.41, 5.74) is 0.628. The molecule has 0 saturated heterocycles. The number of quaternary nitrogens is 1. The van der Waals surface area contributed by atoms with Gasteiger partial charge in [0, 0.05) is 5.69 Å². The maximum Gasteiger partial charge on any atom is 0.279 e. The van der Waals surface area contributed by atoms with E-state index in [9.17, 15) is 4.79 Å². The van der Waals surface area contributed by atoms with Gasteiger partial charge in [-0.2, -0.15) is 0 Å². The second kappa shape index (κ2) is 6.79. The van der Waals surface area contributed by atoms with Crippen LogP contribution < -0.4 is 10.6 Å². The molecule has 0 aliphatic heterocycles. The van der Waals surface area contributed by atoms with Crippen molar-refractivity contribution in [1.29, 1.82) is 0 Å². The van der Waals surface area contributed by atoms with Gasteiger partial charge in [0.1, 0.15) is 6.04 Å². The first kappa shape index (κ1) is 14.9. The summed E-state index contributed by atoms with van der Waals surface area (Å²) in [4.78, 5) is 11.8. The van der Waals surface area contributed by atoms with Crippen molar-refractivity contribution in [2.24, 2.45) is 0 Å². The van der Waals surface area contributed by atoms with Gasteiger partial charge in [-0.05, 0) is 37.3 Å². The molecule has 0 bridgehead atoms. The first-order chi connectivity index (χ1) is 9.56. The lowest BCUT2D eigenvalue weighted by atomic mass is 10.2. The molecule has 20 heavy (non-hydrogen) atoms. The van der Waals surface area contributed by atoms with Gasteiger partial charge in [-0.15, -0.1) is 0 Å². The van der Waals surface area contributed by atoms with Crippen LogP contribution >= 0.6 is 23.2 Å². The second-order valence-electron chi connectivity index (χ2n) is 4.42. The van der Waals surface area contributed by atoms with Gasteiger partial charge in [-0.3, -0.25) is 4.79 Å². The van der Waals surface area contributed by atoms with Crippen molar-refractivity contribution in [3.63, 3.8) is 0 Å². The average molecular weight is 314 g/mol. The fourth-order valence-electron chi connectivity index (χ4n) is 1.74. The molecule has 2 aromatic rings. The Kier molecular flexibility index (Phi) is 5.06. The molecule has 2 rings (SSSR count). The average Bonchev–Trinajstić information content (AvgIpc) is 2.94. The Bertz CT molecular complexity index is 585. The van der Waals surface area contributed by atoms with Gasteiger partial charge in [0.25, 0.3) is 5.91 Å². The summed E-state index contributed by atoms with van der Waals surface area (Å²) in [6, 6.07) is 8.78. The molecule has 0 aliphatic rings. The SMILES string of the molecule is C[C@@H]([NH2+]CC(=O)Nc1ccc(Cl)c(Cl)c1)c1ccco1. The Labute approximate surface area is 127 Å². The van der Waals surface area contributed by atoms with Crippen LogP contribution in [0.3, 0.4) is 0 Å². The first-order valence-electron chi connectivity index (χ1n) is 6.18. The molecule has 1 atom stereocenters. The van der Waals surface area contributed by atoms with Crippen LogP contribution in [0.5, 0.6) is 0 Å². The van der Waals surface area contributed by atoms with Gasteiger partial charge >= 0.3 is 0 Å². The highest BCUT2D eigenvalue weighted by atomic mass is 35.5. The maximum atomic E-state index is 11.8. The minimum atomic E-state index is -0.109. The van der Waals surface area contributed by atoms with Crippen molar-refractivity contribution in [2.75, 3.05) is 11.9 Å². The summed E-state index contributed by atoms with van der Waals surface area (Å²) in [5, 5.41) is 5.54. The summed E-state index contributed by atoms with van der Waals surface area (Å²) >= 11 is 11.7. The molecule has 6 heteroatoms. The number of anilines is 1. The summed E-state index contributed by atoms with van der Waals surface area (Å²) < 4.78 is 5.28.